The number of rotatable bonds is 3. The van der Waals surface area contributed by atoms with Crippen molar-refractivity contribution in [2.75, 3.05) is 18.5 Å². The Morgan fingerprint density at radius 2 is 1.90 bits per heavy atom. The third-order valence-corrected chi connectivity index (χ3v) is 4.74. The molecule has 1 aliphatic rings. The second kappa shape index (κ2) is 4.74. The lowest BCUT2D eigenvalue weighted by Crippen LogP contribution is -2.62. The first-order valence-electron chi connectivity index (χ1n) is 7.34. The first-order chi connectivity index (χ1) is 9.13. The summed E-state index contributed by atoms with van der Waals surface area (Å²) in [5.41, 5.74) is 8.05. The lowest BCUT2D eigenvalue weighted by atomic mass is 9.77. The maximum Gasteiger partial charge on any atom is 0.0877 e. The van der Waals surface area contributed by atoms with Gasteiger partial charge >= 0.3 is 0 Å². The summed E-state index contributed by atoms with van der Waals surface area (Å²) >= 11 is 0. The Morgan fingerprint density at radius 1 is 1.25 bits per heavy atom. The van der Waals surface area contributed by atoms with Crippen molar-refractivity contribution in [1.82, 2.24) is 0 Å². The Morgan fingerprint density at radius 3 is 2.35 bits per heavy atom. The fourth-order valence-electron chi connectivity index (χ4n) is 3.80. The molecule has 0 saturated carbocycles. The number of nitrogens with two attached hydrogens (primary N) is 1. The zero-order valence-electron chi connectivity index (χ0n) is 13.7. The molecule has 112 valence electrons. The quantitative estimate of drug-likeness (QED) is 0.922. The summed E-state index contributed by atoms with van der Waals surface area (Å²) in [4.78, 5) is 2.31. The second-order valence-corrected chi connectivity index (χ2v) is 7.18. The van der Waals surface area contributed by atoms with Crippen LogP contribution in [0.4, 0.5) is 5.69 Å². The number of hydrogen-bond acceptors (Lipinski definition) is 3. The molecule has 0 radical (unpaired) electrons. The highest BCUT2D eigenvalue weighted by molar-refractivity contribution is 5.52. The van der Waals surface area contributed by atoms with Crippen LogP contribution in [0.1, 0.15) is 39.7 Å². The number of anilines is 1. The number of likely N-dealkylation sites (N-methyl/N-ethyl adjacent to an activating group) is 1. The summed E-state index contributed by atoms with van der Waals surface area (Å²) in [5.74, 6) is 0. The van der Waals surface area contributed by atoms with Crippen LogP contribution >= 0.6 is 0 Å². The molecule has 20 heavy (non-hydrogen) atoms. The van der Waals surface area contributed by atoms with E-state index in [1.54, 1.807) is 0 Å². The van der Waals surface area contributed by atoms with E-state index in [0.717, 1.165) is 6.42 Å². The molecule has 2 N–H and O–H groups in total. The average Bonchev–Trinajstić information content (AvgIpc) is 2.53. The molecule has 0 aromatic heterocycles. The van der Waals surface area contributed by atoms with Crippen LogP contribution in [0.5, 0.6) is 0 Å². The molecule has 3 heteroatoms. The van der Waals surface area contributed by atoms with Gasteiger partial charge in [0.15, 0.2) is 0 Å². The highest BCUT2D eigenvalue weighted by atomic mass is 16.5. The predicted molar refractivity (Wildman–Crippen MR) is 85.2 cm³/mol. The molecule has 1 aliphatic heterocycles. The van der Waals surface area contributed by atoms with Gasteiger partial charge in [-0.05, 0) is 52.3 Å². The van der Waals surface area contributed by atoms with Crippen molar-refractivity contribution in [3.63, 3.8) is 0 Å². The molecule has 0 spiro atoms. The molecule has 1 unspecified atom stereocenters. The van der Waals surface area contributed by atoms with Gasteiger partial charge in [-0.3, -0.25) is 0 Å². The molecule has 1 fully saturated rings. The van der Waals surface area contributed by atoms with E-state index in [0.29, 0.717) is 6.54 Å². The van der Waals surface area contributed by atoms with Crippen LogP contribution in [0.15, 0.2) is 24.3 Å². The first kappa shape index (κ1) is 15.3. The van der Waals surface area contributed by atoms with Crippen LogP contribution < -0.4 is 10.6 Å². The number of hydrogen-bond donors (Lipinski definition) is 1. The van der Waals surface area contributed by atoms with Crippen LogP contribution in [0.3, 0.4) is 0 Å². The first-order valence-corrected chi connectivity index (χ1v) is 7.34. The maximum atomic E-state index is 6.29. The van der Waals surface area contributed by atoms with Gasteiger partial charge in [0.1, 0.15) is 0 Å². The normalized spacial score (nSPS) is 27.6. The minimum Gasteiger partial charge on any atom is -0.367 e. The van der Waals surface area contributed by atoms with Gasteiger partial charge in [0.05, 0.1) is 16.7 Å². The highest BCUT2D eigenvalue weighted by Gasteiger charge is 2.58. The van der Waals surface area contributed by atoms with Gasteiger partial charge in [0.2, 0.25) is 0 Å². The van der Waals surface area contributed by atoms with E-state index in [1.807, 2.05) is 0 Å². The molecule has 0 bridgehead atoms. The maximum absolute atomic E-state index is 6.29. The molecule has 3 nitrogen and oxygen atoms in total. The molecule has 0 amide bonds. The largest absolute Gasteiger partial charge is 0.367 e. The van der Waals surface area contributed by atoms with Gasteiger partial charge in [-0.15, -0.1) is 0 Å². The Labute approximate surface area is 123 Å². The molecule has 1 aromatic rings. The Bertz CT molecular complexity index is 496. The van der Waals surface area contributed by atoms with Crippen molar-refractivity contribution >= 4 is 5.69 Å². The summed E-state index contributed by atoms with van der Waals surface area (Å²) in [6.45, 7) is 11.3. The van der Waals surface area contributed by atoms with Crippen LogP contribution in [-0.4, -0.2) is 30.3 Å². The second-order valence-electron chi connectivity index (χ2n) is 7.18. The molecular weight excluding hydrogens is 248 g/mol. The van der Waals surface area contributed by atoms with Crippen LogP contribution in [0.25, 0.3) is 0 Å². The molecule has 1 saturated heterocycles. The minimum absolute atomic E-state index is 0.152. The number of ether oxygens (including phenoxy) is 1. The van der Waals surface area contributed by atoms with Crippen molar-refractivity contribution in [1.29, 1.82) is 0 Å². The summed E-state index contributed by atoms with van der Waals surface area (Å²) in [7, 11) is 2.13. The van der Waals surface area contributed by atoms with Gasteiger partial charge in [-0.25, -0.2) is 0 Å². The summed E-state index contributed by atoms with van der Waals surface area (Å²) in [5, 5.41) is 0. The lowest BCUT2D eigenvalue weighted by Gasteiger charge is -2.47. The number of nitrogens with zero attached hydrogens (tertiary/aromatic N) is 1. The molecule has 2 rings (SSSR count). The Kier molecular flexibility index (Phi) is 3.64. The zero-order chi connectivity index (χ0) is 15.2. The van der Waals surface area contributed by atoms with Crippen molar-refractivity contribution < 1.29 is 4.74 Å². The van der Waals surface area contributed by atoms with Crippen molar-refractivity contribution in [2.45, 2.75) is 57.8 Å². The number of aryl methyl sites for hydroxylation is 1. The van der Waals surface area contributed by atoms with E-state index < -0.39 is 0 Å². The number of benzene rings is 1. The van der Waals surface area contributed by atoms with Gasteiger partial charge < -0.3 is 15.4 Å². The van der Waals surface area contributed by atoms with E-state index in [1.165, 1.54) is 11.3 Å². The predicted octanol–water partition coefficient (Wildman–Crippen LogP) is 3.11. The molecule has 0 aliphatic carbocycles. The smallest absolute Gasteiger partial charge is 0.0877 e. The van der Waals surface area contributed by atoms with Crippen LogP contribution in [-0.2, 0) is 4.74 Å². The lowest BCUT2D eigenvalue weighted by molar-refractivity contribution is -0.0779. The fraction of sp³-hybridized carbons (Fsp3) is 0.647. The van der Waals surface area contributed by atoms with Gasteiger partial charge in [0, 0.05) is 25.7 Å². The standard InChI is InChI=1S/C17H28N2O/c1-13-8-7-9-14(10-13)19(6)17(12-18)11-15(2,3)20-16(17,4)5/h7-10H,11-12,18H2,1-6H3. The summed E-state index contributed by atoms with van der Waals surface area (Å²) in [6.07, 6.45) is 0.925. The van der Waals surface area contributed by atoms with Crippen molar-refractivity contribution in [3.8, 4) is 0 Å². The zero-order valence-corrected chi connectivity index (χ0v) is 13.7. The van der Waals surface area contributed by atoms with Gasteiger partial charge in [-0.2, -0.15) is 0 Å². The third-order valence-electron chi connectivity index (χ3n) is 4.74. The van der Waals surface area contributed by atoms with E-state index in [9.17, 15) is 0 Å². The third kappa shape index (κ3) is 2.33. The Balaban J connectivity index is 2.46. The van der Waals surface area contributed by atoms with E-state index >= 15 is 0 Å². The van der Waals surface area contributed by atoms with Crippen molar-refractivity contribution in [2.24, 2.45) is 5.73 Å². The molecule has 1 aromatic carbocycles. The monoisotopic (exact) mass is 276 g/mol. The Hall–Kier alpha value is -1.06. The van der Waals surface area contributed by atoms with Gasteiger partial charge in [-0.1, -0.05) is 12.1 Å². The fourth-order valence-corrected chi connectivity index (χ4v) is 3.80. The summed E-state index contributed by atoms with van der Waals surface area (Å²) < 4.78 is 6.29. The van der Waals surface area contributed by atoms with Crippen LogP contribution in [0, 0.1) is 6.92 Å². The molecule has 1 atom stereocenters. The van der Waals surface area contributed by atoms with E-state index in [-0.39, 0.29) is 16.7 Å². The van der Waals surface area contributed by atoms with Crippen molar-refractivity contribution in [3.05, 3.63) is 29.8 Å². The summed E-state index contributed by atoms with van der Waals surface area (Å²) in [6, 6.07) is 8.57. The molecular formula is C17H28N2O. The minimum atomic E-state index is -0.288. The average molecular weight is 276 g/mol. The highest BCUT2D eigenvalue weighted by Crippen LogP contribution is 2.48. The molecule has 1 heterocycles. The van der Waals surface area contributed by atoms with Gasteiger partial charge in [0.25, 0.3) is 0 Å². The van der Waals surface area contributed by atoms with E-state index in [2.05, 4.69) is 70.8 Å². The SMILES string of the molecule is Cc1cccc(N(C)C2(CN)CC(C)(C)OC2(C)C)c1. The van der Waals surface area contributed by atoms with Crippen LogP contribution in [0.2, 0.25) is 0 Å². The topological polar surface area (TPSA) is 38.5 Å². The van der Waals surface area contributed by atoms with E-state index in [4.69, 9.17) is 10.5 Å².